The second kappa shape index (κ2) is 8.53. The van der Waals surface area contributed by atoms with Crippen molar-refractivity contribution in [2.75, 3.05) is 19.5 Å². The molecule has 0 spiro atoms. The van der Waals surface area contributed by atoms with Crippen molar-refractivity contribution in [2.45, 2.75) is 13.0 Å². The fourth-order valence-electron chi connectivity index (χ4n) is 2.16. The molecule has 7 nitrogen and oxygen atoms in total. The fraction of sp³-hybridized carbons (Fsp3) is 0.211. The Morgan fingerprint density at radius 2 is 1.88 bits per heavy atom. The minimum atomic E-state index is -1.04. The van der Waals surface area contributed by atoms with Gasteiger partial charge >= 0.3 is 5.97 Å². The molecule has 2 rings (SSSR count). The van der Waals surface area contributed by atoms with E-state index in [2.05, 4.69) is 5.32 Å². The molecule has 2 aromatic carbocycles. The van der Waals surface area contributed by atoms with Crippen LogP contribution in [-0.2, 0) is 9.53 Å². The van der Waals surface area contributed by atoms with Gasteiger partial charge in [-0.3, -0.25) is 4.79 Å². The van der Waals surface area contributed by atoms with Gasteiger partial charge < -0.3 is 19.5 Å². The van der Waals surface area contributed by atoms with Crippen molar-refractivity contribution in [3.05, 3.63) is 53.6 Å². The largest absolute Gasteiger partial charge is 0.497 e. The molecule has 1 atom stereocenters. The molecule has 7 heteroatoms. The summed E-state index contributed by atoms with van der Waals surface area (Å²) in [5.74, 6) is -0.399. The van der Waals surface area contributed by atoms with Gasteiger partial charge in [0, 0.05) is 11.8 Å². The Bertz CT molecular complexity index is 857. The number of benzene rings is 2. The third-order valence-corrected chi connectivity index (χ3v) is 3.54. The van der Waals surface area contributed by atoms with Crippen LogP contribution in [0.1, 0.15) is 22.8 Å². The summed E-state index contributed by atoms with van der Waals surface area (Å²) in [6.07, 6.45) is -1.04. The highest BCUT2D eigenvalue weighted by Gasteiger charge is 2.22. The van der Waals surface area contributed by atoms with Gasteiger partial charge in [-0.15, -0.1) is 0 Å². The molecule has 0 heterocycles. The van der Waals surface area contributed by atoms with Crippen LogP contribution in [0.2, 0.25) is 0 Å². The Morgan fingerprint density at radius 3 is 2.54 bits per heavy atom. The lowest BCUT2D eigenvalue weighted by Crippen LogP contribution is -2.30. The summed E-state index contributed by atoms with van der Waals surface area (Å²) in [6, 6.07) is 13.1. The highest BCUT2D eigenvalue weighted by atomic mass is 16.5. The number of carbonyl (C=O) groups is 2. The number of nitrogens with zero attached hydrogens (tertiary/aromatic N) is 1. The van der Waals surface area contributed by atoms with Gasteiger partial charge in [0.25, 0.3) is 5.91 Å². The molecule has 0 aliphatic carbocycles. The van der Waals surface area contributed by atoms with E-state index < -0.39 is 18.0 Å². The van der Waals surface area contributed by atoms with Gasteiger partial charge in [0.15, 0.2) is 6.10 Å². The molecular weight excluding hydrogens is 336 g/mol. The number of rotatable bonds is 6. The van der Waals surface area contributed by atoms with E-state index in [1.807, 2.05) is 6.07 Å². The first-order valence-corrected chi connectivity index (χ1v) is 7.72. The third kappa shape index (κ3) is 4.51. The van der Waals surface area contributed by atoms with Crippen LogP contribution in [0.5, 0.6) is 11.5 Å². The van der Waals surface area contributed by atoms with Crippen LogP contribution in [-0.4, -0.2) is 32.2 Å². The number of hydrogen-bond acceptors (Lipinski definition) is 6. The Morgan fingerprint density at radius 1 is 1.12 bits per heavy atom. The molecule has 0 bridgehead atoms. The lowest BCUT2D eigenvalue weighted by atomic mass is 10.2. The minimum Gasteiger partial charge on any atom is -0.497 e. The number of ether oxygens (including phenoxy) is 3. The van der Waals surface area contributed by atoms with Crippen molar-refractivity contribution in [3.8, 4) is 17.6 Å². The van der Waals surface area contributed by atoms with Crippen LogP contribution in [0.4, 0.5) is 5.69 Å². The molecule has 0 aliphatic heterocycles. The van der Waals surface area contributed by atoms with Crippen molar-refractivity contribution in [1.29, 1.82) is 5.26 Å². The second-order valence-corrected chi connectivity index (χ2v) is 5.30. The Labute approximate surface area is 151 Å². The SMILES string of the molecule is COc1ccc(C(=O)OC(C)C(=O)Nc2cccc(C#N)c2)c(OC)c1. The molecule has 0 fully saturated rings. The molecule has 1 amide bonds. The van der Waals surface area contributed by atoms with Crippen LogP contribution >= 0.6 is 0 Å². The van der Waals surface area contributed by atoms with E-state index in [0.717, 1.165) is 0 Å². The average Bonchev–Trinajstić information content (AvgIpc) is 2.67. The lowest BCUT2D eigenvalue weighted by molar-refractivity contribution is -0.123. The van der Waals surface area contributed by atoms with Crippen molar-refractivity contribution < 1.29 is 23.8 Å². The molecule has 26 heavy (non-hydrogen) atoms. The van der Waals surface area contributed by atoms with Crippen LogP contribution in [0.3, 0.4) is 0 Å². The summed E-state index contributed by atoms with van der Waals surface area (Å²) in [6.45, 7) is 1.46. The maximum Gasteiger partial charge on any atom is 0.342 e. The summed E-state index contributed by atoms with van der Waals surface area (Å²) in [5.41, 5.74) is 1.04. The van der Waals surface area contributed by atoms with Crippen LogP contribution < -0.4 is 14.8 Å². The van der Waals surface area contributed by atoms with E-state index in [1.165, 1.54) is 33.3 Å². The fourth-order valence-corrected chi connectivity index (χ4v) is 2.16. The number of hydrogen-bond donors (Lipinski definition) is 1. The second-order valence-electron chi connectivity index (χ2n) is 5.30. The predicted octanol–water partition coefficient (Wildman–Crippen LogP) is 2.76. The highest BCUT2D eigenvalue weighted by molar-refractivity contribution is 5.98. The summed E-state index contributed by atoms with van der Waals surface area (Å²) in [7, 11) is 2.92. The summed E-state index contributed by atoms with van der Waals surface area (Å²) >= 11 is 0. The first-order chi connectivity index (χ1) is 12.5. The molecule has 1 unspecified atom stereocenters. The number of amides is 1. The molecule has 2 aromatic rings. The molecule has 1 N–H and O–H groups in total. The lowest BCUT2D eigenvalue weighted by Gasteiger charge is -2.15. The van der Waals surface area contributed by atoms with Crippen molar-refractivity contribution in [3.63, 3.8) is 0 Å². The van der Waals surface area contributed by atoms with Gasteiger partial charge in [0.05, 0.1) is 25.9 Å². The zero-order valence-corrected chi connectivity index (χ0v) is 14.6. The van der Waals surface area contributed by atoms with Crippen molar-refractivity contribution in [2.24, 2.45) is 0 Å². The quantitative estimate of drug-likeness (QED) is 0.801. The van der Waals surface area contributed by atoms with Crippen molar-refractivity contribution in [1.82, 2.24) is 0 Å². The molecule has 134 valence electrons. The number of esters is 1. The smallest absolute Gasteiger partial charge is 0.342 e. The van der Waals surface area contributed by atoms with E-state index >= 15 is 0 Å². The summed E-state index contributed by atoms with van der Waals surface area (Å²) in [4.78, 5) is 24.5. The minimum absolute atomic E-state index is 0.180. The monoisotopic (exact) mass is 354 g/mol. The van der Waals surface area contributed by atoms with Gasteiger partial charge in [0.1, 0.15) is 17.1 Å². The number of nitrogens with one attached hydrogen (secondary N) is 1. The molecule has 0 saturated carbocycles. The summed E-state index contributed by atoms with van der Waals surface area (Å²) < 4.78 is 15.4. The first-order valence-electron chi connectivity index (χ1n) is 7.72. The Hall–Kier alpha value is -3.53. The van der Waals surface area contributed by atoms with Gasteiger partial charge in [-0.1, -0.05) is 6.07 Å². The van der Waals surface area contributed by atoms with Gasteiger partial charge in [-0.2, -0.15) is 5.26 Å². The number of anilines is 1. The third-order valence-electron chi connectivity index (χ3n) is 3.54. The van der Waals surface area contributed by atoms with Crippen LogP contribution in [0.25, 0.3) is 0 Å². The van der Waals surface area contributed by atoms with Crippen molar-refractivity contribution >= 4 is 17.6 Å². The predicted molar refractivity (Wildman–Crippen MR) is 94.2 cm³/mol. The standard InChI is InChI=1S/C19H18N2O5/c1-12(18(22)21-14-6-4-5-13(9-14)11-20)26-19(23)16-8-7-15(24-2)10-17(16)25-3/h4-10,12H,1-3H3,(H,21,22). The van der Waals surface area contributed by atoms with Crippen LogP contribution in [0.15, 0.2) is 42.5 Å². The molecule has 0 aromatic heterocycles. The van der Waals surface area contributed by atoms with Gasteiger partial charge in [-0.25, -0.2) is 4.79 Å². The number of nitriles is 1. The Balaban J connectivity index is 2.06. The summed E-state index contributed by atoms with van der Waals surface area (Å²) in [5, 5.41) is 11.5. The molecule has 0 aliphatic rings. The number of carbonyl (C=O) groups excluding carboxylic acids is 2. The highest BCUT2D eigenvalue weighted by Crippen LogP contribution is 2.25. The van der Waals surface area contributed by atoms with Gasteiger partial charge in [0.2, 0.25) is 0 Å². The normalized spacial score (nSPS) is 11.0. The van der Waals surface area contributed by atoms with E-state index in [4.69, 9.17) is 19.5 Å². The average molecular weight is 354 g/mol. The van der Waals surface area contributed by atoms with E-state index in [-0.39, 0.29) is 11.3 Å². The first kappa shape index (κ1) is 18.8. The maximum absolute atomic E-state index is 12.3. The van der Waals surface area contributed by atoms with Crippen LogP contribution in [0, 0.1) is 11.3 Å². The topological polar surface area (TPSA) is 97.6 Å². The number of methoxy groups -OCH3 is 2. The maximum atomic E-state index is 12.3. The van der Waals surface area contributed by atoms with E-state index in [0.29, 0.717) is 17.0 Å². The van der Waals surface area contributed by atoms with E-state index in [1.54, 1.807) is 30.3 Å². The Kier molecular flexibility index (Phi) is 6.17. The van der Waals surface area contributed by atoms with E-state index in [9.17, 15) is 9.59 Å². The molecular formula is C19H18N2O5. The zero-order chi connectivity index (χ0) is 19.1. The molecule has 0 radical (unpaired) electrons. The molecule has 0 saturated heterocycles. The van der Waals surface area contributed by atoms with Gasteiger partial charge in [-0.05, 0) is 37.3 Å². The zero-order valence-electron chi connectivity index (χ0n) is 14.6.